The van der Waals surface area contributed by atoms with Gasteiger partial charge in [-0.3, -0.25) is 4.79 Å². The lowest BCUT2D eigenvalue weighted by atomic mass is 9.55. The summed E-state index contributed by atoms with van der Waals surface area (Å²) in [5.41, 5.74) is 2.73. The van der Waals surface area contributed by atoms with Crippen LogP contribution < -0.4 is 14.8 Å². The Morgan fingerprint density at radius 2 is 2.07 bits per heavy atom. The highest BCUT2D eigenvalue weighted by atomic mass is 16.6. The fraction of sp³-hybridized carbons (Fsp3) is 0.625. The molecule has 4 rings (SSSR count). The first kappa shape index (κ1) is 20.3. The molecule has 1 aromatic carbocycles. The molecular formula is C24H33NO4. The Bertz CT molecular complexity index is 791. The molecule has 3 fully saturated rings. The van der Waals surface area contributed by atoms with Crippen LogP contribution in [0.3, 0.4) is 0 Å². The highest BCUT2D eigenvalue weighted by Gasteiger charge is 2.54. The molecule has 29 heavy (non-hydrogen) atoms. The van der Waals surface area contributed by atoms with Crippen molar-refractivity contribution in [3.05, 3.63) is 35.9 Å². The number of methoxy groups -OCH3 is 2. The average molecular weight is 400 g/mol. The van der Waals surface area contributed by atoms with E-state index in [1.54, 1.807) is 14.2 Å². The predicted molar refractivity (Wildman–Crippen MR) is 112 cm³/mol. The molecule has 0 spiro atoms. The van der Waals surface area contributed by atoms with Gasteiger partial charge in [-0.15, -0.1) is 0 Å². The minimum absolute atomic E-state index is 0.0346. The summed E-state index contributed by atoms with van der Waals surface area (Å²) in [5, 5.41) is 3.47. The van der Waals surface area contributed by atoms with Gasteiger partial charge in [0.1, 0.15) is 6.10 Å². The van der Waals surface area contributed by atoms with E-state index < -0.39 is 0 Å². The maximum absolute atomic E-state index is 12.6. The minimum atomic E-state index is -0.0700. The molecule has 1 aromatic rings. The first-order valence-corrected chi connectivity index (χ1v) is 10.7. The maximum atomic E-state index is 12.6. The van der Waals surface area contributed by atoms with Gasteiger partial charge in [0.2, 0.25) is 0 Å². The molecule has 5 atom stereocenters. The second-order valence-electron chi connectivity index (χ2n) is 9.22. The standard InChI is InChI=1S/C24H33NO4/c1-15-6-5-9-24(2)12-22-17(11-19(15)24)18(23(26)29-22)14-25-13-16-7-8-20(27-3)21(10-16)28-4/h7-8,10,17-19,22,25H,1,5-6,9,11-14H2,2-4H3/t17-,18-,19+,22+,24+/m0/s1. The molecule has 0 unspecified atom stereocenters. The molecule has 0 bridgehead atoms. The number of allylic oxidation sites excluding steroid dienone is 1. The van der Waals surface area contributed by atoms with Crippen molar-refractivity contribution < 1.29 is 19.0 Å². The van der Waals surface area contributed by atoms with Crippen molar-refractivity contribution in [1.82, 2.24) is 5.32 Å². The molecule has 1 aliphatic heterocycles. The van der Waals surface area contributed by atoms with Gasteiger partial charge in [0, 0.05) is 19.0 Å². The lowest BCUT2D eigenvalue weighted by molar-refractivity contribution is -0.146. The van der Waals surface area contributed by atoms with Crippen molar-refractivity contribution in [2.45, 2.75) is 51.7 Å². The van der Waals surface area contributed by atoms with Gasteiger partial charge in [-0.25, -0.2) is 0 Å². The third-order valence-corrected chi connectivity index (χ3v) is 7.46. The molecule has 0 radical (unpaired) electrons. The summed E-state index contributed by atoms with van der Waals surface area (Å²) in [6.45, 7) is 8.06. The van der Waals surface area contributed by atoms with Gasteiger partial charge >= 0.3 is 5.97 Å². The quantitative estimate of drug-likeness (QED) is 0.576. The normalized spacial score (nSPS) is 33.6. The molecule has 5 heteroatoms. The average Bonchev–Trinajstić information content (AvgIpc) is 3.00. The van der Waals surface area contributed by atoms with Crippen LogP contribution in [0.2, 0.25) is 0 Å². The molecule has 1 heterocycles. The molecule has 0 amide bonds. The summed E-state index contributed by atoms with van der Waals surface area (Å²) in [7, 11) is 3.27. The van der Waals surface area contributed by atoms with Crippen molar-refractivity contribution in [3.63, 3.8) is 0 Å². The Hall–Kier alpha value is -2.01. The lowest BCUT2D eigenvalue weighted by Gasteiger charge is -2.50. The van der Waals surface area contributed by atoms with Crippen LogP contribution in [-0.2, 0) is 16.1 Å². The maximum Gasteiger partial charge on any atom is 0.310 e. The predicted octanol–water partition coefficient (Wildman–Crippen LogP) is 4.11. The first-order valence-electron chi connectivity index (χ1n) is 10.7. The van der Waals surface area contributed by atoms with Crippen LogP contribution in [0.5, 0.6) is 11.5 Å². The SMILES string of the molecule is C=C1CCC[C@]2(C)C[C@H]3OC(=O)[C@@H](CNCc4ccc(OC)c(OC)c4)[C@@H]3C[C@H]12. The monoisotopic (exact) mass is 399 g/mol. The van der Waals surface area contributed by atoms with Crippen molar-refractivity contribution in [2.75, 3.05) is 20.8 Å². The number of fused-ring (bicyclic) bond motifs is 2. The Morgan fingerprint density at radius 3 is 2.83 bits per heavy atom. The van der Waals surface area contributed by atoms with Crippen LogP contribution in [0.4, 0.5) is 0 Å². The van der Waals surface area contributed by atoms with E-state index in [0.717, 1.165) is 36.3 Å². The summed E-state index contributed by atoms with van der Waals surface area (Å²) >= 11 is 0. The zero-order valence-electron chi connectivity index (χ0n) is 17.8. The van der Waals surface area contributed by atoms with E-state index >= 15 is 0 Å². The lowest BCUT2D eigenvalue weighted by Crippen LogP contribution is -2.45. The highest BCUT2D eigenvalue weighted by molar-refractivity contribution is 5.75. The third kappa shape index (κ3) is 3.77. The van der Waals surface area contributed by atoms with E-state index in [0.29, 0.717) is 24.9 Å². The van der Waals surface area contributed by atoms with E-state index in [1.807, 2.05) is 18.2 Å². The summed E-state index contributed by atoms with van der Waals surface area (Å²) in [6.07, 6.45) is 5.66. The van der Waals surface area contributed by atoms with Crippen LogP contribution in [-0.4, -0.2) is 32.8 Å². The van der Waals surface area contributed by atoms with Gasteiger partial charge in [-0.2, -0.15) is 0 Å². The van der Waals surface area contributed by atoms with E-state index in [9.17, 15) is 4.79 Å². The van der Waals surface area contributed by atoms with E-state index in [1.165, 1.54) is 18.4 Å². The summed E-state index contributed by atoms with van der Waals surface area (Å²) in [6, 6.07) is 5.90. The number of ether oxygens (including phenoxy) is 3. The number of nitrogens with one attached hydrogen (secondary N) is 1. The van der Waals surface area contributed by atoms with Crippen LogP contribution in [0.25, 0.3) is 0 Å². The third-order valence-electron chi connectivity index (χ3n) is 7.46. The number of carbonyl (C=O) groups excluding carboxylic acids is 1. The van der Waals surface area contributed by atoms with Crippen LogP contribution in [0.15, 0.2) is 30.4 Å². The smallest absolute Gasteiger partial charge is 0.310 e. The van der Waals surface area contributed by atoms with Crippen molar-refractivity contribution >= 4 is 5.97 Å². The second kappa shape index (κ2) is 8.02. The fourth-order valence-electron chi connectivity index (χ4n) is 5.85. The molecule has 1 N–H and O–H groups in total. The number of carbonyl (C=O) groups is 1. The number of hydrogen-bond donors (Lipinski definition) is 1. The summed E-state index contributed by atoms with van der Waals surface area (Å²) in [5.74, 6) is 2.16. The van der Waals surface area contributed by atoms with Crippen LogP contribution >= 0.6 is 0 Å². The molecule has 1 saturated heterocycles. The zero-order chi connectivity index (χ0) is 20.6. The van der Waals surface area contributed by atoms with Crippen molar-refractivity contribution in [2.24, 2.45) is 23.2 Å². The molecular weight excluding hydrogens is 366 g/mol. The molecule has 5 nitrogen and oxygen atoms in total. The largest absolute Gasteiger partial charge is 0.493 e. The Labute approximate surface area is 173 Å². The van der Waals surface area contributed by atoms with Gasteiger partial charge in [-0.05, 0) is 61.1 Å². The molecule has 0 aromatic heterocycles. The van der Waals surface area contributed by atoms with Crippen molar-refractivity contribution in [3.8, 4) is 11.5 Å². The number of hydrogen-bond acceptors (Lipinski definition) is 5. The molecule has 3 aliphatic rings. The van der Waals surface area contributed by atoms with Crippen LogP contribution in [0.1, 0.15) is 44.6 Å². The molecule has 2 aliphatic carbocycles. The van der Waals surface area contributed by atoms with Gasteiger partial charge in [0.15, 0.2) is 11.5 Å². The Kier molecular flexibility index (Phi) is 5.60. The van der Waals surface area contributed by atoms with Gasteiger partial charge in [-0.1, -0.05) is 25.1 Å². The fourth-order valence-corrected chi connectivity index (χ4v) is 5.85. The van der Waals surface area contributed by atoms with E-state index in [4.69, 9.17) is 14.2 Å². The van der Waals surface area contributed by atoms with Crippen molar-refractivity contribution in [1.29, 1.82) is 0 Å². The molecule has 158 valence electrons. The first-order chi connectivity index (χ1) is 13.9. The second-order valence-corrected chi connectivity index (χ2v) is 9.22. The van der Waals surface area contributed by atoms with E-state index in [2.05, 4.69) is 18.8 Å². The van der Waals surface area contributed by atoms with Crippen LogP contribution in [0, 0.1) is 23.2 Å². The van der Waals surface area contributed by atoms with E-state index in [-0.39, 0.29) is 23.4 Å². The number of benzene rings is 1. The van der Waals surface area contributed by atoms with Gasteiger partial charge < -0.3 is 19.5 Å². The Balaban J connectivity index is 1.39. The Morgan fingerprint density at radius 1 is 1.28 bits per heavy atom. The zero-order valence-corrected chi connectivity index (χ0v) is 17.8. The molecule has 2 saturated carbocycles. The summed E-state index contributed by atoms with van der Waals surface area (Å²) in [4.78, 5) is 12.6. The minimum Gasteiger partial charge on any atom is -0.493 e. The van der Waals surface area contributed by atoms with Gasteiger partial charge in [0.25, 0.3) is 0 Å². The highest BCUT2D eigenvalue weighted by Crippen LogP contribution is 2.56. The number of rotatable bonds is 6. The topological polar surface area (TPSA) is 56.8 Å². The number of esters is 1. The van der Waals surface area contributed by atoms with Gasteiger partial charge in [0.05, 0.1) is 20.1 Å². The summed E-state index contributed by atoms with van der Waals surface area (Å²) < 4.78 is 16.5.